The third-order valence-corrected chi connectivity index (χ3v) is 10.7. The number of amides is 2. The van der Waals surface area contributed by atoms with Gasteiger partial charge >= 0.3 is 0 Å². The molecule has 2 amide bonds. The summed E-state index contributed by atoms with van der Waals surface area (Å²) in [4.78, 5) is 33.3. The standard InChI is InChI=1S/C31H37Cl2FN4O5/c1-29(2)9-11-30(12-10-29)31(18-7-8-22(33)36-26(18)37-28(31)41)23(17-5-4-6-19(32)24(17)34)25(38-30)27(40)35-16-13-20(42-3)21(14-39)43-15-16/h4-8,16,20-21,23,25,38-39H,9-15H2,1-3H3,(H,35,40)(H,36,37,41)/t16-,20-,21?,23+,25-,31-/m1/s1. The molecule has 2 saturated heterocycles. The Balaban J connectivity index is 1.49. The Hall–Kier alpha value is -2.34. The number of fused-ring (bicyclic) bond motifs is 3. The molecule has 0 bridgehead atoms. The van der Waals surface area contributed by atoms with Gasteiger partial charge in [0.2, 0.25) is 11.8 Å². The Morgan fingerprint density at radius 2 is 1.95 bits per heavy atom. The second kappa shape index (κ2) is 11.2. The lowest BCUT2D eigenvalue weighted by molar-refractivity contribution is -0.134. The highest BCUT2D eigenvalue weighted by molar-refractivity contribution is 6.31. The average Bonchev–Trinajstić information content (AvgIpc) is 3.44. The number of halogens is 3. The number of aliphatic hydroxyl groups is 1. The first-order valence-corrected chi connectivity index (χ1v) is 15.5. The van der Waals surface area contributed by atoms with E-state index in [1.807, 2.05) is 0 Å². The zero-order valence-corrected chi connectivity index (χ0v) is 25.9. The smallest absolute Gasteiger partial charge is 0.238 e. The molecule has 1 saturated carbocycles. The summed E-state index contributed by atoms with van der Waals surface area (Å²) in [5.74, 6) is -2.06. The Morgan fingerprint density at radius 3 is 2.65 bits per heavy atom. The zero-order chi connectivity index (χ0) is 30.7. The lowest BCUT2D eigenvalue weighted by Gasteiger charge is -2.50. The first kappa shape index (κ1) is 30.7. The van der Waals surface area contributed by atoms with E-state index >= 15 is 4.39 Å². The second-order valence-corrected chi connectivity index (χ2v) is 13.8. The van der Waals surface area contributed by atoms with E-state index in [1.54, 1.807) is 24.3 Å². The maximum absolute atomic E-state index is 16.1. The summed E-state index contributed by atoms with van der Waals surface area (Å²) < 4.78 is 27.4. The van der Waals surface area contributed by atoms with Gasteiger partial charge in [0, 0.05) is 24.1 Å². The Kier molecular flexibility index (Phi) is 8.01. The lowest BCUT2D eigenvalue weighted by Crippen LogP contribution is -2.61. The van der Waals surface area contributed by atoms with Crippen LogP contribution in [-0.2, 0) is 24.5 Å². The molecule has 1 unspecified atom stereocenters. The van der Waals surface area contributed by atoms with Crippen molar-refractivity contribution in [1.82, 2.24) is 15.6 Å². The number of aliphatic hydroxyl groups excluding tert-OH is 1. The summed E-state index contributed by atoms with van der Waals surface area (Å²) in [7, 11) is 1.53. The summed E-state index contributed by atoms with van der Waals surface area (Å²) in [5, 5.41) is 19.4. The molecule has 3 fully saturated rings. The molecule has 1 aromatic heterocycles. The molecule has 43 heavy (non-hydrogen) atoms. The molecule has 1 aliphatic carbocycles. The number of pyridine rings is 1. The highest BCUT2D eigenvalue weighted by atomic mass is 35.5. The van der Waals surface area contributed by atoms with Gasteiger partial charge in [0.05, 0.1) is 36.4 Å². The maximum atomic E-state index is 16.1. The van der Waals surface area contributed by atoms with Crippen LogP contribution in [0.2, 0.25) is 10.2 Å². The molecule has 2 spiro atoms. The Bertz CT molecular complexity index is 1430. The van der Waals surface area contributed by atoms with Gasteiger partial charge < -0.3 is 25.2 Å². The van der Waals surface area contributed by atoms with Crippen molar-refractivity contribution >= 4 is 40.8 Å². The van der Waals surface area contributed by atoms with E-state index in [0.29, 0.717) is 30.6 Å². The van der Waals surface area contributed by atoms with Gasteiger partial charge in [0.1, 0.15) is 28.3 Å². The molecule has 6 rings (SSSR count). The van der Waals surface area contributed by atoms with Gasteiger partial charge in [-0.2, -0.15) is 0 Å². The first-order chi connectivity index (χ1) is 20.5. The fourth-order valence-electron chi connectivity index (χ4n) is 7.94. The van der Waals surface area contributed by atoms with Crippen LogP contribution in [0.5, 0.6) is 0 Å². The summed E-state index contributed by atoms with van der Waals surface area (Å²) >= 11 is 12.6. The van der Waals surface area contributed by atoms with Gasteiger partial charge in [-0.05, 0) is 55.2 Å². The van der Waals surface area contributed by atoms with Crippen LogP contribution in [0.4, 0.5) is 10.2 Å². The molecule has 4 aliphatic rings. The topological polar surface area (TPSA) is 122 Å². The van der Waals surface area contributed by atoms with E-state index in [2.05, 4.69) is 34.8 Å². The second-order valence-electron chi connectivity index (χ2n) is 13.1. The molecule has 1 aromatic carbocycles. The zero-order valence-electron chi connectivity index (χ0n) is 24.4. The number of benzene rings is 1. The van der Waals surface area contributed by atoms with Crippen molar-refractivity contribution in [2.45, 2.75) is 87.1 Å². The van der Waals surface area contributed by atoms with Gasteiger partial charge in [-0.25, -0.2) is 9.37 Å². The van der Waals surface area contributed by atoms with Crippen molar-refractivity contribution in [1.29, 1.82) is 0 Å². The third-order valence-electron chi connectivity index (χ3n) is 10.2. The highest BCUT2D eigenvalue weighted by Gasteiger charge is 2.73. The number of aromatic nitrogens is 1. The maximum Gasteiger partial charge on any atom is 0.238 e. The Labute approximate surface area is 260 Å². The highest BCUT2D eigenvalue weighted by Crippen LogP contribution is 2.63. The van der Waals surface area contributed by atoms with Crippen LogP contribution >= 0.6 is 23.2 Å². The summed E-state index contributed by atoms with van der Waals surface area (Å²) in [5.41, 5.74) is -1.49. The van der Waals surface area contributed by atoms with Crippen molar-refractivity contribution in [2.24, 2.45) is 5.41 Å². The van der Waals surface area contributed by atoms with Crippen molar-refractivity contribution in [3.8, 4) is 0 Å². The molecule has 2 aromatic rings. The minimum absolute atomic E-state index is 0.0271. The van der Waals surface area contributed by atoms with Gasteiger partial charge in [0.25, 0.3) is 0 Å². The summed E-state index contributed by atoms with van der Waals surface area (Å²) in [6.07, 6.45) is 2.25. The van der Waals surface area contributed by atoms with Crippen LogP contribution in [0.15, 0.2) is 30.3 Å². The minimum Gasteiger partial charge on any atom is -0.394 e. The van der Waals surface area contributed by atoms with Crippen LogP contribution in [0.25, 0.3) is 0 Å². The molecule has 3 aliphatic heterocycles. The van der Waals surface area contributed by atoms with Crippen LogP contribution in [0.3, 0.4) is 0 Å². The Morgan fingerprint density at radius 1 is 1.21 bits per heavy atom. The molecule has 0 radical (unpaired) electrons. The van der Waals surface area contributed by atoms with Gasteiger partial charge in [0.15, 0.2) is 0 Å². The molecular formula is C31H37Cl2FN4O5. The van der Waals surface area contributed by atoms with E-state index < -0.39 is 47.0 Å². The largest absolute Gasteiger partial charge is 0.394 e. The number of carbonyl (C=O) groups excluding carboxylic acids is 2. The molecule has 9 nitrogen and oxygen atoms in total. The third kappa shape index (κ3) is 4.85. The van der Waals surface area contributed by atoms with Crippen LogP contribution < -0.4 is 16.0 Å². The SMILES string of the molecule is CO[C@@H]1C[C@@H](NC(=O)[C@@H]2NC3(CCC(C)(C)CC3)[C@@]3(C(=O)Nc4nc(Cl)ccc43)[C@H]2c2cccc(Cl)c2F)COC1CO. The molecule has 12 heteroatoms. The number of rotatable bonds is 5. The van der Waals surface area contributed by atoms with Crippen LogP contribution in [0, 0.1) is 11.2 Å². The van der Waals surface area contributed by atoms with E-state index in [0.717, 1.165) is 12.8 Å². The number of anilines is 1. The van der Waals surface area contributed by atoms with Gasteiger partial charge in [-0.3, -0.25) is 14.9 Å². The molecule has 4 N–H and O–H groups in total. The predicted molar refractivity (Wildman–Crippen MR) is 160 cm³/mol. The van der Waals surface area contributed by atoms with Crippen molar-refractivity contribution in [3.63, 3.8) is 0 Å². The van der Waals surface area contributed by atoms with Gasteiger partial charge in [-0.1, -0.05) is 55.2 Å². The molecule has 232 valence electrons. The summed E-state index contributed by atoms with van der Waals surface area (Å²) in [6.45, 7) is 4.36. The average molecular weight is 636 g/mol. The van der Waals surface area contributed by atoms with E-state index in [9.17, 15) is 14.7 Å². The molecule has 6 atom stereocenters. The van der Waals surface area contributed by atoms with Crippen molar-refractivity contribution in [2.75, 3.05) is 25.6 Å². The fraction of sp³-hybridized carbons (Fsp3) is 0.581. The van der Waals surface area contributed by atoms with Crippen LogP contribution in [-0.4, -0.2) is 72.1 Å². The minimum atomic E-state index is -1.38. The van der Waals surface area contributed by atoms with Crippen molar-refractivity contribution in [3.05, 3.63) is 57.5 Å². The van der Waals surface area contributed by atoms with E-state index in [4.69, 9.17) is 32.7 Å². The number of carbonyl (C=O) groups is 2. The monoisotopic (exact) mass is 634 g/mol. The number of nitrogens with zero attached hydrogens (tertiary/aromatic N) is 1. The van der Waals surface area contributed by atoms with Crippen LogP contribution in [0.1, 0.15) is 63.0 Å². The van der Waals surface area contributed by atoms with Crippen molar-refractivity contribution < 1.29 is 28.6 Å². The number of methoxy groups -OCH3 is 1. The number of hydrogen-bond donors (Lipinski definition) is 4. The number of hydrogen-bond acceptors (Lipinski definition) is 7. The number of ether oxygens (including phenoxy) is 2. The molecule has 4 heterocycles. The van der Waals surface area contributed by atoms with Gasteiger partial charge in [-0.15, -0.1) is 0 Å². The fourth-order valence-corrected chi connectivity index (χ4v) is 8.27. The predicted octanol–water partition coefficient (Wildman–Crippen LogP) is 4.09. The van der Waals surface area contributed by atoms with E-state index in [-0.39, 0.29) is 46.2 Å². The lowest BCUT2D eigenvalue weighted by atomic mass is 9.53. The summed E-state index contributed by atoms with van der Waals surface area (Å²) in [6, 6.07) is 6.67. The molecular weight excluding hydrogens is 598 g/mol. The van der Waals surface area contributed by atoms with E-state index in [1.165, 1.54) is 13.2 Å². The normalized spacial score (nSPS) is 32.5. The first-order valence-electron chi connectivity index (χ1n) is 14.7. The number of nitrogens with one attached hydrogen (secondary N) is 3. The quantitative estimate of drug-likeness (QED) is 0.366.